The fourth-order valence-electron chi connectivity index (χ4n) is 3.84. The number of rotatable bonds is 5. The van der Waals surface area contributed by atoms with Gasteiger partial charge in [0.1, 0.15) is 11.9 Å². The van der Waals surface area contributed by atoms with E-state index in [1.54, 1.807) is 6.20 Å². The van der Waals surface area contributed by atoms with Crippen molar-refractivity contribution in [3.8, 4) is 0 Å². The molecule has 2 N–H and O–H groups in total. The largest absolute Gasteiger partial charge is 0.490 e. The van der Waals surface area contributed by atoms with Crippen LogP contribution in [0.2, 0.25) is 0 Å². The van der Waals surface area contributed by atoms with Gasteiger partial charge in [0.25, 0.3) is 0 Å². The predicted octanol–water partition coefficient (Wildman–Crippen LogP) is 4.44. The molecule has 4 rings (SSSR count). The third-order valence-electron chi connectivity index (χ3n) is 5.55. The van der Waals surface area contributed by atoms with E-state index in [0.29, 0.717) is 12.6 Å². The summed E-state index contributed by atoms with van der Waals surface area (Å²) in [5.74, 6) is -5.71. The molecule has 0 unspecified atom stereocenters. The number of nitrogens with zero attached hydrogens (tertiary/aromatic N) is 2. The van der Waals surface area contributed by atoms with E-state index in [2.05, 4.69) is 9.88 Å². The van der Waals surface area contributed by atoms with E-state index >= 15 is 0 Å². The molecule has 2 aromatic rings. The molecule has 0 saturated carbocycles. The lowest BCUT2D eigenvalue weighted by Gasteiger charge is -2.32. The average Bonchev–Trinajstić information content (AvgIpc) is 3.22. The number of hydrogen-bond donors (Lipinski definition) is 2. The Bertz CT molecular complexity index is 1030. The summed E-state index contributed by atoms with van der Waals surface area (Å²) in [6.45, 7) is 3.00. The molecule has 0 bridgehead atoms. The first kappa shape index (κ1) is 31.9. The number of pyridine rings is 1. The van der Waals surface area contributed by atoms with Crippen LogP contribution in [0.3, 0.4) is 0 Å². The predicted molar refractivity (Wildman–Crippen MR) is 120 cm³/mol. The maximum Gasteiger partial charge on any atom is 0.490 e. The second-order valence-corrected chi connectivity index (χ2v) is 8.42. The van der Waals surface area contributed by atoms with Crippen molar-refractivity contribution in [3.05, 3.63) is 65.7 Å². The summed E-state index contributed by atoms with van der Waals surface area (Å²) in [6, 6.07) is 11.1. The van der Waals surface area contributed by atoms with Gasteiger partial charge in [0.05, 0.1) is 12.7 Å². The Kier molecular flexibility index (Phi) is 11.6. The molecule has 3 heterocycles. The van der Waals surface area contributed by atoms with Crippen molar-refractivity contribution in [2.45, 2.75) is 56.6 Å². The van der Waals surface area contributed by atoms with Gasteiger partial charge in [-0.1, -0.05) is 18.2 Å². The Morgan fingerprint density at radius 3 is 2.10 bits per heavy atom. The normalized spacial score (nSPS) is 21.1. The number of carboxylic acid groups (broad SMARTS) is 2. The smallest absolute Gasteiger partial charge is 0.475 e. The number of carboxylic acids is 2. The van der Waals surface area contributed by atoms with E-state index < -0.39 is 24.3 Å². The molecule has 3 atom stereocenters. The van der Waals surface area contributed by atoms with Crippen molar-refractivity contribution in [3.63, 3.8) is 0 Å². The van der Waals surface area contributed by atoms with Crippen molar-refractivity contribution >= 4 is 11.9 Å². The summed E-state index contributed by atoms with van der Waals surface area (Å²) in [7, 11) is 0. The molecular weight excluding hydrogens is 545 g/mol. The number of benzene rings is 1. The summed E-state index contributed by atoms with van der Waals surface area (Å²) in [5, 5.41) is 14.2. The molecule has 2 aliphatic heterocycles. The monoisotopic (exact) mass is 570 g/mol. The van der Waals surface area contributed by atoms with Crippen LogP contribution in [0.25, 0.3) is 0 Å². The second-order valence-electron chi connectivity index (χ2n) is 8.42. The quantitative estimate of drug-likeness (QED) is 0.509. The number of alkyl halides is 6. The molecule has 0 amide bonds. The van der Waals surface area contributed by atoms with E-state index in [1.807, 2.05) is 30.5 Å². The average molecular weight is 570 g/mol. The van der Waals surface area contributed by atoms with Crippen LogP contribution in [0.4, 0.5) is 30.7 Å². The molecular formula is C24H25F7N2O6. The number of halogens is 7. The van der Waals surface area contributed by atoms with Crippen molar-refractivity contribution in [1.29, 1.82) is 0 Å². The summed E-state index contributed by atoms with van der Waals surface area (Å²) >= 11 is 0. The molecule has 39 heavy (non-hydrogen) atoms. The maximum absolute atomic E-state index is 13.1. The van der Waals surface area contributed by atoms with Crippen molar-refractivity contribution < 1.29 is 60.0 Å². The maximum atomic E-state index is 13.1. The fraction of sp³-hybridized carbons (Fsp3) is 0.458. The topological polar surface area (TPSA) is 109 Å². The number of aliphatic carboxylic acids is 2. The second kappa shape index (κ2) is 14.2. The molecule has 2 fully saturated rings. The zero-order chi connectivity index (χ0) is 29.2. The van der Waals surface area contributed by atoms with E-state index in [0.717, 1.165) is 43.7 Å². The Morgan fingerprint density at radius 2 is 1.59 bits per heavy atom. The Labute approximate surface area is 218 Å². The van der Waals surface area contributed by atoms with E-state index in [1.165, 1.54) is 12.1 Å². The van der Waals surface area contributed by atoms with Gasteiger partial charge in [-0.25, -0.2) is 14.0 Å². The number of likely N-dealkylation sites (tertiary alicyclic amines) is 1. The third-order valence-corrected chi connectivity index (χ3v) is 5.55. The first-order chi connectivity index (χ1) is 18.2. The van der Waals surface area contributed by atoms with E-state index in [9.17, 15) is 30.7 Å². The molecule has 0 aliphatic carbocycles. The van der Waals surface area contributed by atoms with Gasteiger partial charge >= 0.3 is 24.3 Å². The zero-order valence-electron chi connectivity index (χ0n) is 20.2. The number of carbonyl (C=O) groups is 2. The highest BCUT2D eigenvalue weighted by atomic mass is 19.4. The Morgan fingerprint density at radius 1 is 1.00 bits per heavy atom. The van der Waals surface area contributed by atoms with Gasteiger partial charge in [-0.2, -0.15) is 26.3 Å². The van der Waals surface area contributed by atoms with Crippen molar-refractivity contribution in [2.24, 2.45) is 0 Å². The van der Waals surface area contributed by atoms with Gasteiger partial charge in [0, 0.05) is 38.1 Å². The number of hydrogen-bond acceptors (Lipinski definition) is 6. The van der Waals surface area contributed by atoms with Crippen LogP contribution in [-0.2, 0) is 32.2 Å². The molecule has 15 heteroatoms. The third kappa shape index (κ3) is 10.8. The SMILES string of the molecule is Fc1ccc(CN2C[C@@H](OCc3cccnc3)[C@H]3OCCC[C@H]32)cc1.O=C(O)C(F)(F)F.O=C(O)C(F)(F)F. The number of fused-ring (bicyclic) bond motifs is 1. The fourth-order valence-corrected chi connectivity index (χ4v) is 3.84. The minimum Gasteiger partial charge on any atom is -0.475 e. The standard InChI is InChI=1S/C20H23FN2O2.2C2HF3O2/c21-17-7-5-15(6-8-17)12-23-13-19(20-18(23)4-2-10-24-20)25-14-16-3-1-9-22-11-16;2*3-2(4,5)1(6)7/h1,3,5-9,11,18-20H,2,4,10,12-14H2;2*(H,6,7)/t18-,19-,20+;;/m1../s1. The van der Waals surface area contributed by atoms with Gasteiger partial charge < -0.3 is 19.7 Å². The molecule has 1 aromatic heterocycles. The van der Waals surface area contributed by atoms with Crippen molar-refractivity contribution in [2.75, 3.05) is 13.2 Å². The Hall–Kier alpha value is -3.30. The lowest BCUT2D eigenvalue weighted by Crippen LogP contribution is -2.41. The highest BCUT2D eigenvalue weighted by Gasteiger charge is 2.44. The van der Waals surface area contributed by atoms with Crippen LogP contribution in [0, 0.1) is 5.82 Å². The lowest BCUT2D eigenvalue weighted by molar-refractivity contribution is -0.193. The van der Waals surface area contributed by atoms with E-state index in [4.69, 9.17) is 29.3 Å². The van der Waals surface area contributed by atoms with E-state index in [-0.39, 0.29) is 18.0 Å². The van der Waals surface area contributed by atoms with Crippen LogP contribution in [0.1, 0.15) is 24.0 Å². The van der Waals surface area contributed by atoms with Gasteiger partial charge in [0.2, 0.25) is 0 Å². The molecule has 8 nitrogen and oxygen atoms in total. The summed E-state index contributed by atoms with van der Waals surface area (Å²) in [4.78, 5) is 24.4. The summed E-state index contributed by atoms with van der Waals surface area (Å²) in [6.07, 6.45) is -4.18. The first-order valence-corrected chi connectivity index (χ1v) is 11.4. The molecule has 216 valence electrons. The van der Waals surface area contributed by atoms with Crippen LogP contribution in [0.15, 0.2) is 48.8 Å². The van der Waals surface area contributed by atoms with Crippen LogP contribution in [0.5, 0.6) is 0 Å². The van der Waals surface area contributed by atoms with Crippen molar-refractivity contribution in [1.82, 2.24) is 9.88 Å². The zero-order valence-corrected chi connectivity index (χ0v) is 20.2. The molecule has 1 aromatic carbocycles. The minimum atomic E-state index is -5.08. The summed E-state index contributed by atoms with van der Waals surface area (Å²) < 4.78 is 88.8. The van der Waals surface area contributed by atoms with Gasteiger partial charge in [-0.3, -0.25) is 9.88 Å². The van der Waals surface area contributed by atoms with Gasteiger partial charge in [-0.15, -0.1) is 0 Å². The van der Waals surface area contributed by atoms with Crippen LogP contribution >= 0.6 is 0 Å². The summed E-state index contributed by atoms with van der Waals surface area (Å²) in [5.41, 5.74) is 2.20. The van der Waals surface area contributed by atoms with Crippen LogP contribution in [-0.4, -0.2) is 75.8 Å². The lowest BCUT2D eigenvalue weighted by atomic mass is 10.0. The molecule has 2 saturated heterocycles. The minimum absolute atomic E-state index is 0.0611. The number of ether oxygens (including phenoxy) is 2. The first-order valence-electron chi connectivity index (χ1n) is 11.4. The Balaban J connectivity index is 0.000000317. The molecule has 2 aliphatic rings. The molecule has 0 radical (unpaired) electrons. The number of aromatic nitrogens is 1. The highest BCUT2D eigenvalue weighted by molar-refractivity contribution is 5.73. The van der Waals surface area contributed by atoms with Gasteiger partial charge in [-0.05, 0) is 42.2 Å². The molecule has 0 spiro atoms. The van der Waals surface area contributed by atoms with Crippen LogP contribution < -0.4 is 0 Å². The highest BCUT2D eigenvalue weighted by Crippen LogP contribution is 2.32. The van der Waals surface area contributed by atoms with Gasteiger partial charge in [0.15, 0.2) is 0 Å².